The fraction of sp³-hybridized carbons (Fsp3) is 0.368. The highest BCUT2D eigenvalue weighted by molar-refractivity contribution is 7.09. The van der Waals surface area contributed by atoms with Gasteiger partial charge in [0, 0.05) is 50.7 Å². The smallest absolute Gasteiger partial charge is 0.191 e. The summed E-state index contributed by atoms with van der Waals surface area (Å²) in [4.78, 5) is 11.1. The quantitative estimate of drug-likeness (QED) is 0.475. The normalized spacial score (nSPS) is 14.2. The van der Waals surface area contributed by atoms with E-state index in [9.17, 15) is 0 Å². The van der Waals surface area contributed by atoms with Crippen LogP contribution in [-0.4, -0.2) is 37.6 Å². The SMILES string of the molecule is CN=C(NCCc1csc(C)n1)NCc1cccc(N2CC=CC2)c1. The van der Waals surface area contributed by atoms with E-state index in [1.165, 1.54) is 11.3 Å². The molecule has 0 fully saturated rings. The van der Waals surface area contributed by atoms with Crippen molar-refractivity contribution in [3.05, 3.63) is 58.1 Å². The number of aryl methyl sites for hydroxylation is 1. The van der Waals surface area contributed by atoms with Crippen molar-refractivity contribution in [2.75, 3.05) is 31.6 Å². The van der Waals surface area contributed by atoms with Crippen LogP contribution in [0.25, 0.3) is 0 Å². The van der Waals surface area contributed by atoms with Crippen molar-refractivity contribution in [3.8, 4) is 0 Å². The Hall–Kier alpha value is -2.34. The summed E-state index contributed by atoms with van der Waals surface area (Å²) in [6, 6.07) is 8.67. The van der Waals surface area contributed by atoms with Crippen LogP contribution in [0.5, 0.6) is 0 Å². The maximum atomic E-state index is 4.48. The number of aliphatic imine (C=N–C) groups is 1. The first kappa shape index (κ1) is 17.5. The summed E-state index contributed by atoms with van der Waals surface area (Å²) < 4.78 is 0. The Morgan fingerprint density at radius 1 is 1.28 bits per heavy atom. The standard InChI is InChI=1S/C19H25N5S/c1-15-23-17(14-25-15)8-9-21-19(20-2)22-13-16-6-5-7-18(12-16)24-10-3-4-11-24/h3-7,12,14H,8-11,13H2,1-2H3,(H2,20,21,22). The Balaban J connectivity index is 1.46. The molecule has 6 heteroatoms. The first-order valence-electron chi connectivity index (χ1n) is 8.59. The van der Waals surface area contributed by atoms with Crippen molar-refractivity contribution in [1.82, 2.24) is 15.6 Å². The fourth-order valence-corrected chi connectivity index (χ4v) is 3.44. The van der Waals surface area contributed by atoms with E-state index in [1.54, 1.807) is 18.4 Å². The van der Waals surface area contributed by atoms with Crippen LogP contribution in [0.1, 0.15) is 16.3 Å². The van der Waals surface area contributed by atoms with Gasteiger partial charge in [0.05, 0.1) is 10.7 Å². The summed E-state index contributed by atoms with van der Waals surface area (Å²) in [6.45, 7) is 5.60. The first-order chi connectivity index (χ1) is 12.2. The Morgan fingerprint density at radius 2 is 2.12 bits per heavy atom. The van der Waals surface area contributed by atoms with Crippen molar-refractivity contribution in [3.63, 3.8) is 0 Å². The molecule has 0 aliphatic carbocycles. The van der Waals surface area contributed by atoms with Gasteiger partial charge in [0.2, 0.25) is 0 Å². The second-order valence-corrected chi connectivity index (χ2v) is 7.07. The molecule has 0 spiro atoms. The molecule has 5 nitrogen and oxygen atoms in total. The summed E-state index contributed by atoms with van der Waals surface area (Å²) in [5.41, 5.74) is 3.66. The molecule has 0 atom stereocenters. The molecule has 132 valence electrons. The summed E-state index contributed by atoms with van der Waals surface area (Å²) >= 11 is 1.70. The molecular formula is C19H25N5S. The summed E-state index contributed by atoms with van der Waals surface area (Å²) in [7, 11) is 1.80. The van der Waals surface area contributed by atoms with Gasteiger partial charge in [0.15, 0.2) is 5.96 Å². The number of nitrogens with one attached hydrogen (secondary N) is 2. The second kappa shape index (κ2) is 8.67. The molecule has 0 unspecified atom stereocenters. The van der Waals surface area contributed by atoms with E-state index in [4.69, 9.17) is 0 Å². The van der Waals surface area contributed by atoms with Crippen molar-refractivity contribution in [1.29, 1.82) is 0 Å². The largest absolute Gasteiger partial charge is 0.364 e. The van der Waals surface area contributed by atoms with E-state index in [0.717, 1.165) is 49.3 Å². The number of rotatable bonds is 6. The minimum Gasteiger partial charge on any atom is -0.364 e. The number of benzene rings is 1. The lowest BCUT2D eigenvalue weighted by Crippen LogP contribution is -2.37. The summed E-state index contributed by atoms with van der Waals surface area (Å²) in [5.74, 6) is 0.820. The van der Waals surface area contributed by atoms with Crippen LogP contribution in [0.3, 0.4) is 0 Å². The van der Waals surface area contributed by atoms with Gasteiger partial charge in [0.25, 0.3) is 0 Å². The fourth-order valence-electron chi connectivity index (χ4n) is 2.79. The highest BCUT2D eigenvalue weighted by Crippen LogP contribution is 2.18. The first-order valence-corrected chi connectivity index (χ1v) is 9.47. The number of hydrogen-bond donors (Lipinski definition) is 2. The maximum Gasteiger partial charge on any atom is 0.191 e. The molecule has 0 saturated carbocycles. The van der Waals surface area contributed by atoms with E-state index in [1.807, 2.05) is 6.92 Å². The van der Waals surface area contributed by atoms with E-state index >= 15 is 0 Å². The van der Waals surface area contributed by atoms with Crippen LogP contribution in [0.15, 0.2) is 46.8 Å². The van der Waals surface area contributed by atoms with E-state index < -0.39 is 0 Å². The molecule has 0 amide bonds. The molecule has 1 aromatic carbocycles. The molecule has 0 radical (unpaired) electrons. The molecule has 1 aromatic heterocycles. The van der Waals surface area contributed by atoms with Crippen LogP contribution >= 0.6 is 11.3 Å². The van der Waals surface area contributed by atoms with Gasteiger partial charge in [-0.3, -0.25) is 4.99 Å². The average molecular weight is 356 g/mol. The number of nitrogens with zero attached hydrogens (tertiary/aromatic N) is 3. The highest BCUT2D eigenvalue weighted by atomic mass is 32.1. The third-order valence-electron chi connectivity index (χ3n) is 4.12. The van der Waals surface area contributed by atoms with Crippen LogP contribution < -0.4 is 15.5 Å². The Bertz CT molecular complexity index is 742. The summed E-state index contributed by atoms with van der Waals surface area (Å²) in [6.07, 6.45) is 5.32. The highest BCUT2D eigenvalue weighted by Gasteiger charge is 2.08. The third-order valence-corrected chi connectivity index (χ3v) is 4.94. The van der Waals surface area contributed by atoms with Crippen molar-refractivity contribution >= 4 is 23.0 Å². The molecule has 0 bridgehead atoms. The minimum atomic E-state index is 0.755. The van der Waals surface area contributed by atoms with Gasteiger partial charge in [-0.2, -0.15) is 0 Å². The molecule has 2 heterocycles. The molecular weight excluding hydrogens is 330 g/mol. The number of anilines is 1. The number of guanidine groups is 1. The Morgan fingerprint density at radius 3 is 2.84 bits per heavy atom. The molecule has 1 aliphatic rings. The second-order valence-electron chi connectivity index (χ2n) is 6.01. The molecule has 0 saturated heterocycles. The number of aromatic nitrogens is 1. The Kier molecular flexibility index (Phi) is 6.06. The number of thiazole rings is 1. The predicted octanol–water partition coefficient (Wildman–Crippen LogP) is 2.74. The zero-order valence-corrected chi connectivity index (χ0v) is 15.6. The monoisotopic (exact) mass is 355 g/mol. The van der Waals surface area contributed by atoms with Crippen molar-refractivity contribution in [2.24, 2.45) is 4.99 Å². The lowest BCUT2D eigenvalue weighted by Gasteiger charge is -2.19. The zero-order valence-electron chi connectivity index (χ0n) is 14.8. The number of hydrogen-bond acceptors (Lipinski definition) is 4. The zero-order chi connectivity index (χ0) is 17.5. The van der Waals surface area contributed by atoms with Crippen LogP contribution in [0.2, 0.25) is 0 Å². The van der Waals surface area contributed by atoms with Crippen molar-refractivity contribution < 1.29 is 0 Å². The van der Waals surface area contributed by atoms with Crippen LogP contribution in [0.4, 0.5) is 5.69 Å². The minimum absolute atomic E-state index is 0.755. The third kappa shape index (κ3) is 5.06. The molecule has 3 rings (SSSR count). The van der Waals surface area contributed by atoms with Crippen molar-refractivity contribution in [2.45, 2.75) is 19.9 Å². The van der Waals surface area contributed by atoms with Gasteiger partial charge in [-0.05, 0) is 24.6 Å². The van der Waals surface area contributed by atoms with Gasteiger partial charge >= 0.3 is 0 Å². The van der Waals surface area contributed by atoms with Gasteiger partial charge in [0.1, 0.15) is 0 Å². The van der Waals surface area contributed by atoms with E-state index in [0.29, 0.717) is 0 Å². The summed E-state index contributed by atoms with van der Waals surface area (Å²) in [5, 5.41) is 9.97. The molecule has 25 heavy (non-hydrogen) atoms. The molecule has 1 aliphatic heterocycles. The average Bonchev–Trinajstić information content (AvgIpc) is 3.30. The predicted molar refractivity (Wildman–Crippen MR) is 107 cm³/mol. The van der Waals surface area contributed by atoms with Crippen LogP contribution in [-0.2, 0) is 13.0 Å². The lowest BCUT2D eigenvalue weighted by molar-refractivity contribution is 0.785. The lowest BCUT2D eigenvalue weighted by atomic mass is 10.2. The van der Waals surface area contributed by atoms with Gasteiger partial charge in [-0.25, -0.2) is 4.98 Å². The van der Waals surface area contributed by atoms with Gasteiger partial charge < -0.3 is 15.5 Å². The van der Waals surface area contributed by atoms with Gasteiger partial charge in [-0.15, -0.1) is 11.3 Å². The van der Waals surface area contributed by atoms with E-state index in [-0.39, 0.29) is 0 Å². The van der Waals surface area contributed by atoms with E-state index in [2.05, 4.69) is 67.3 Å². The Labute approximate surface area is 153 Å². The maximum absolute atomic E-state index is 4.48. The van der Waals surface area contributed by atoms with Gasteiger partial charge in [-0.1, -0.05) is 24.3 Å². The topological polar surface area (TPSA) is 52.6 Å². The molecule has 2 aromatic rings. The molecule has 2 N–H and O–H groups in total. The van der Waals surface area contributed by atoms with Crippen LogP contribution in [0, 0.1) is 6.92 Å².